The van der Waals surface area contributed by atoms with Gasteiger partial charge in [-0.05, 0) is 81.5 Å². The average Bonchev–Trinajstić information content (AvgIpc) is 2.85. The molecule has 200 valence electrons. The Morgan fingerprint density at radius 1 is 0.816 bits per heavy atom. The second-order valence-electron chi connectivity index (χ2n) is 9.84. The minimum atomic E-state index is -4.41. The number of aliphatic imine (C=N–C) groups is 2. The predicted molar refractivity (Wildman–Crippen MR) is 150 cm³/mol. The fourth-order valence-corrected chi connectivity index (χ4v) is 5.10. The van der Waals surface area contributed by atoms with Crippen molar-refractivity contribution in [1.82, 2.24) is 9.80 Å². The first kappa shape index (κ1) is 27.7. The van der Waals surface area contributed by atoms with Crippen molar-refractivity contribution in [2.45, 2.75) is 47.2 Å². The molecule has 0 N–H and O–H groups in total. The zero-order valence-corrected chi connectivity index (χ0v) is 23.1. The first-order chi connectivity index (χ1) is 17.9. The number of hydrogen-bond acceptors (Lipinski definition) is 2. The van der Waals surface area contributed by atoms with E-state index in [2.05, 4.69) is 9.80 Å². The van der Waals surface area contributed by atoms with Crippen LogP contribution < -0.4 is 0 Å². The highest BCUT2D eigenvalue weighted by molar-refractivity contribution is 6.33. The maximum Gasteiger partial charge on any atom is 0.416 e. The topological polar surface area (TPSA) is 31.2 Å². The van der Waals surface area contributed by atoms with Gasteiger partial charge in [0, 0.05) is 18.7 Å². The highest BCUT2D eigenvalue weighted by Gasteiger charge is 2.31. The Kier molecular flexibility index (Phi) is 8.16. The summed E-state index contributed by atoms with van der Waals surface area (Å²) in [5.74, 6) is 1.46. The summed E-state index contributed by atoms with van der Waals surface area (Å²) in [6, 6.07) is 15.1. The molecule has 4 nitrogen and oxygen atoms in total. The standard InChI is InChI=1S/C30H32ClF3N4/c1-19-16-22(4)28(26(31)17-19)36-29(24-10-12-25(13-11-24)30(32,33)34)38-15-7-14-37(18-38)23(5)35-27-20(2)8-6-9-21(27)3/h6,8-13,16-17H,7,14-15,18H2,1-5H3. The Labute approximate surface area is 227 Å². The first-order valence-electron chi connectivity index (χ1n) is 12.6. The summed E-state index contributed by atoms with van der Waals surface area (Å²) in [6.07, 6.45) is -3.56. The third kappa shape index (κ3) is 6.21. The van der Waals surface area contributed by atoms with Gasteiger partial charge in [0.2, 0.25) is 0 Å². The van der Waals surface area contributed by atoms with Gasteiger partial charge < -0.3 is 9.80 Å². The van der Waals surface area contributed by atoms with Crippen LogP contribution in [0.15, 0.2) is 64.6 Å². The molecule has 0 aromatic heterocycles. The summed E-state index contributed by atoms with van der Waals surface area (Å²) in [4.78, 5) is 14.2. The van der Waals surface area contributed by atoms with Crippen LogP contribution in [-0.2, 0) is 6.18 Å². The molecule has 1 aliphatic rings. The van der Waals surface area contributed by atoms with E-state index in [-0.39, 0.29) is 0 Å². The van der Waals surface area contributed by atoms with Crippen LogP contribution in [0.5, 0.6) is 0 Å². The number of hydrogen-bond donors (Lipinski definition) is 0. The van der Waals surface area contributed by atoms with Crippen molar-refractivity contribution in [3.8, 4) is 0 Å². The lowest BCUT2D eigenvalue weighted by Crippen LogP contribution is -2.49. The number of halogens is 4. The van der Waals surface area contributed by atoms with Crippen LogP contribution in [0.1, 0.15) is 46.7 Å². The quantitative estimate of drug-likeness (QED) is 0.247. The summed E-state index contributed by atoms with van der Waals surface area (Å²) in [6.45, 7) is 12.0. The molecule has 0 saturated carbocycles. The summed E-state index contributed by atoms with van der Waals surface area (Å²) >= 11 is 6.59. The lowest BCUT2D eigenvalue weighted by Gasteiger charge is -2.38. The molecule has 8 heteroatoms. The number of para-hydroxylation sites is 1. The molecule has 1 saturated heterocycles. The van der Waals surface area contributed by atoms with Gasteiger partial charge in [0.25, 0.3) is 0 Å². The minimum Gasteiger partial charge on any atom is -0.342 e. The number of amidine groups is 2. The van der Waals surface area contributed by atoms with Crippen molar-refractivity contribution in [2.75, 3.05) is 19.8 Å². The molecule has 3 aromatic carbocycles. The van der Waals surface area contributed by atoms with Crippen LogP contribution in [0, 0.1) is 27.7 Å². The van der Waals surface area contributed by atoms with Gasteiger partial charge in [0.1, 0.15) is 11.7 Å². The third-order valence-corrected chi connectivity index (χ3v) is 7.04. The molecule has 0 amide bonds. The summed E-state index contributed by atoms with van der Waals surface area (Å²) < 4.78 is 39.8. The molecular weight excluding hydrogens is 509 g/mol. The van der Waals surface area contributed by atoms with Gasteiger partial charge in [-0.2, -0.15) is 13.2 Å². The maximum atomic E-state index is 13.3. The molecule has 4 rings (SSSR count). The fourth-order valence-electron chi connectivity index (χ4n) is 4.73. The average molecular weight is 541 g/mol. The van der Waals surface area contributed by atoms with Crippen LogP contribution >= 0.6 is 11.6 Å². The molecule has 1 aliphatic heterocycles. The molecule has 1 fully saturated rings. The molecule has 0 atom stereocenters. The molecule has 3 aromatic rings. The highest BCUT2D eigenvalue weighted by atomic mass is 35.5. The van der Waals surface area contributed by atoms with E-state index in [1.54, 1.807) is 0 Å². The molecule has 0 spiro atoms. The first-order valence-corrected chi connectivity index (χ1v) is 13.0. The van der Waals surface area contributed by atoms with Gasteiger partial charge in [0.05, 0.1) is 28.6 Å². The summed E-state index contributed by atoms with van der Waals surface area (Å²) in [7, 11) is 0. The van der Waals surface area contributed by atoms with Gasteiger partial charge >= 0.3 is 6.18 Å². The van der Waals surface area contributed by atoms with E-state index < -0.39 is 11.7 Å². The zero-order chi connectivity index (χ0) is 27.6. The molecule has 0 radical (unpaired) electrons. The Bertz CT molecular complexity index is 1330. The molecule has 0 aliphatic carbocycles. The Balaban J connectivity index is 1.74. The lowest BCUT2D eigenvalue weighted by molar-refractivity contribution is -0.137. The monoisotopic (exact) mass is 540 g/mol. The highest BCUT2D eigenvalue weighted by Crippen LogP contribution is 2.33. The number of benzene rings is 3. The van der Waals surface area contributed by atoms with Gasteiger partial charge in [-0.25, -0.2) is 9.98 Å². The summed E-state index contributed by atoms with van der Waals surface area (Å²) in [5.41, 5.74) is 5.61. The van der Waals surface area contributed by atoms with Crippen LogP contribution in [0.3, 0.4) is 0 Å². The molecule has 1 heterocycles. The van der Waals surface area contributed by atoms with Gasteiger partial charge in [-0.15, -0.1) is 0 Å². The van der Waals surface area contributed by atoms with Crippen molar-refractivity contribution in [3.63, 3.8) is 0 Å². The third-order valence-electron chi connectivity index (χ3n) is 6.75. The second-order valence-corrected chi connectivity index (χ2v) is 10.3. The fraction of sp³-hybridized carbons (Fsp3) is 0.333. The minimum absolute atomic E-state index is 0.503. The Hall–Kier alpha value is -3.32. The SMILES string of the molecule is CC(=Nc1c(C)cccc1C)N1CCCN(C(=Nc2c(C)cc(C)cc2Cl)c2ccc(C(F)(F)F)cc2)C1. The molecule has 0 bridgehead atoms. The van der Waals surface area contributed by atoms with E-state index in [0.717, 1.165) is 58.9 Å². The van der Waals surface area contributed by atoms with Gasteiger partial charge in [-0.1, -0.05) is 48.0 Å². The van der Waals surface area contributed by atoms with E-state index in [9.17, 15) is 13.2 Å². The van der Waals surface area contributed by atoms with Gasteiger partial charge in [0.15, 0.2) is 0 Å². The van der Waals surface area contributed by atoms with Crippen LogP contribution in [0.25, 0.3) is 0 Å². The molecular formula is C30H32ClF3N4. The van der Waals surface area contributed by atoms with E-state index >= 15 is 0 Å². The predicted octanol–water partition coefficient (Wildman–Crippen LogP) is 8.39. The van der Waals surface area contributed by atoms with Crippen LogP contribution in [0.2, 0.25) is 5.02 Å². The normalized spacial score (nSPS) is 15.3. The maximum absolute atomic E-state index is 13.3. The Morgan fingerprint density at radius 3 is 2.05 bits per heavy atom. The number of nitrogens with zero attached hydrogens (tertiary/aromatic N) is 4. The number of alkyl halides is 3. The molecule has 38 heavy (non-hydrogen) atoms. The Morgan fingerprint density at radius 2 is 1.45 bits per heavy atom. The van der Waals surface area contributed by atoms with Crippen molar-refractivity contribution in [2.24, 2.45) is 9.98 Å². The largest absolute Gasteiger partial charge is 0.416 e. The lowest BCUT2D eigenvalue weighted by atomic mass is 10.1. The van der Waals surface area contributed by atoms with Gasteiger partial charge in [-0.3, -0.25) is 0 Å². The molecule has 0 unspecified atom stereocenters. The van der Waals surface area contributed by atoms with Crippen molar-refractivity contribution >= 4 is 34.6 Å². The number of aryl methyl sites for hydroxylation is 4. The van der Waals surface area contributed by atoms with E-state index in [1.165, 1.54) is 12.1 Å². The van der Waals surface area contributed by atoms with E-state index in [1.807, 2.05) is 65.0 Å². The van der Waals surface area contributed by atoms with Crippen molar-refractivity contribution in [3.05, 3.63) is 93.0 Å². The zero-order valence-electron chi connectivity index (χ0n) is 22.3. The van der Waals surface area contributed by atoms with E-state index in [0.29, 0.717) is 35.3 Å². The van der Waals surface area contributed by atoms with Crippen molar-refractivity contribution in [1.29, 1.82) is 0 Å². The summed E-state index contributed by atoms with van der Waals surface area (Å²) in [5, 5.41) is 0.508. The smallest absolute Gasteiger partial charge is 0.342 e. The van der Waals surface area contributed by atoms with Crippen LogP contribution in [-0.4, -0.2) is 41.2 Å². The van der Waals surface area contributed by atoms with Crippen LogP contribution in [0.4, 0.5) is 24.5 Å². The van der Waals surface area contributed by atoms with Crippen molar-refractivity contribution < 1.29 is 13.2 Å². The second kappa shape index (κ2) is 11.2. The van der Waals surface area contributed by atoms with E-state index in [4.69, 9.17) is 21.6 Å². The number of rotatable bonds is 3.